The van der Waals surface area contributed by atoms with Gasteiger partial charge < -0.3 is 15.3 Å². The standard InChI is InChI=1S/C8H10O2.C3H4O2/c1-3-5-8(10,7-9)6-4-2;1-2-3(4)5/h1-2,9-10H,5-7H2;2H,1H2,(H,4,5). The van der Waals surface area contributed by atoms with Crippen LogP contribution in [0.5, 0.6) is 0 Å². The average Bonchev–Trinajstić information content (AvgIpc) is 2.19. The van der Waals surface area contributed by atoms with Gasteiger partial charge in [-0.15, -0.1) is 24.7 Å². The Morgan fingerprint density at radius 3 is 1.87 bits per heavy atom. The fraction of sp³-hybridized carbons (Fsp3) is 0.364. The molecule has 0 heterocycles. The molecule has 0 fully saturated rings. The van der Waals surface area contributed by atoms with Gasteiger partial charge in [0.2, 0.25) is 0 Å². The molecule has 82 valence electrons. The molecule has 0 aromatic carbocycles. The van der Waals surface area contributed by atoms with Gasteiger partial charge in [0.25, 0.3) is 0 Å². The molecule has 0 bridgehead atoms. The summed E-state index contributed by atoms with van der Waals surface area (Å²) < 4.78 is 0. The highest BCUT2D eigenvalue weighted by Gasteiger charge is 2.22. The molecule has 0 aromatic heterocycles. The second-order valence-electron chi connectivity index (χ2n) is 2.69. The predicted molar refractivity (Wildman–Crippen MR) is 56.8 cm³/mol. The monoisotopic (exact) mass is 210 g/mol. The van der Waals surface area contributed by atoms with E-state index in [0.29, 0.717) is 0 Å². The van der Waals surface area contributed by atoms with Crippen LogP contribution in [-0.2, 0) is 4.79 Å². The fourth-order valence-corrected chi connectivity index (χ4v) is 0.554. The van der Waals surface area contributed by atoms with Gasteiger partial charge in [-0.2, -0.15) is 0 Å². The van der Waals surface area contributed by atoms with Crippen LogP contribution in [0.15, 0.2) is 12.7 Å². The number of rotatable bonds is 4. The molecule has 0 aromatic rings. The number of aliphatic hydroxyl groups excluding tert-OH is 1. The van der Waals surface area contributed by atoms with Gasteiger partial charge in [0.1, 0.15) is 5.60 Å². The lowest BCUT2D eigenvalue weighted by Gasteiger charge is -2.19. The maximum atomic E-state index is 9.28. The van der Waals surface area contributed by atoms with Crippen molar-refractivity contribution in [2.75, 3.05) is 6.61 Å². The number of hydrogen-bond acceptors (Lipinski definition) is 3. The largest absolute Gasteiger partial charge is 0.478 e. The zero-order valence-electron chi connectivity index (χ0n) is 8.31. The third-order valence-corrected chi connectivity index (χ3v) is 1.33. The quantitative estimate of drug-likeness (QED) is 0.451. The average molecular weight is 210 g/mol. The number of carboxylic acids is 1. The molecular formula is C11H14O4. The lowest BCUT2D eigenvalue weighted by Crippen LogP contribution is -2.31. The summed E-state index contributed by atoms with van der Waals surface area (Å²) in [5, 5.41) is 25.5. The normalized spacial score (nSPS) is 8.80. The van der Waals surface area contributed by atoms with Gasteiger partial charge >= 0.3 is 5.97 Å². The SMILES string of the molecule is C#CCC(O)(CO)CC#C.C=CC(=O)O. The number of hydrogen-bond donors (Lipinski definition) is 3. The molecule has 0 rings (SSSR count). The zero-order valence-corrected chi connectivity index (χ0v) is 8.31. The van der Waals surface area contributed by atoms with Crippen molar-refractivity contribution in [3.05, 3.63) is 12.7 Å². The van der Waals surface area contributed by atoms with Gasteiger partial charge in [0, 0.05) is 18.9 Å². The minimum Gasteiger partial charge on any atom is -0.478 e. The highest BCUT2D eigenvalue weighted by molar-refractivity contribution is 5.78. The van der Waals surface area contributed by atoms with Crippen LogP contribution in [0.1, 0.15) is 12.8 Å². The summed E-state index contributed by atoms with van der Waals surface area (Å²) in [5.74, 6) is 3.50. The predicted octanol–water partition coefficient (Wildman–Crippen LogP) is 0.0134. The van der Waals surface area contributed by atoms with Crippen molar-refractivity contribution in [3.8, 4) is 24.7 Å². The van der Waals surface area contributed by atoms with Crippen molar-refractivity contribution < 1.29 is 20.1 Å². The molecule has 0 unspecified atom stereocenters. The van der Waals surface area contributed by atoms with Crippen molar-refractivity contribution in [1.82, 2.24) is 0 Å². The number of carboxylic acid groups (broad SMARTS) is 1. The molecule has 0 amide bonds. The van der Waals surface area contributed by atoms with E-state index in [4.69, 9.17) is 23.1 Å². The summed E-state index contributed by atoms with van der Waals surface area (Å²) in [5.41, 5.74) is -1.27. The van der Waals surface area contributed by atoms with E-state index in [1.807, 2.05) is 0 Å². The van der Waals surface area contributed by atoms with Gasteiger partial charge in [-0.3, -0.25) is 0 Å². The van der Waals surface area contributed by atoms with E-state index in [0.717, 1.165) is 6.08 Å². The molecule has 0 radical (unpaired) electrons. The molecule has 0 saturated heterocycles. The fourth-order valence-electron chi connectivity index (χ4n) is 0.554. The van der Waals surface area contributed by atoms with Crippen LogP contribution in [0.2, 0.25) is 0 Å². The molecule has 3 N–H and O–H groups in total. The van der Waals surface area contributed by atoms with Crippen molar-refractivity contribution in [2.45, 2.75) is 18.4 Å². The molecule has 0 atom stereocenters. The summed E-state index contributed by atoms with van der Waals surface area (Å²) in [6.45, 7) is 2.57. The van der Waals surface area contributed by atoms with Crippen LogP contribution < -0.4 is 0 Å². The third kappa shape index (κ3) is 10.2. The lowest BCUT2D eigenvalue weighted by molar-refractivity contribution is -0.131. The summed E-state index contributed by atoms with van der Waals surface area (Å²) in [7, 11) is 0. The van der Waals surface area contributed by atoms with Gasteiger partial charge in [-0.05, 0) is 0 Å². The molecule has 15 heavy (non-hydrogen) atoms. The van der Waals surface area contributed by atoms with Crippen LogP contribution in [0.3, 0.4) is 0 Å². The first-order valence-electron chi connectivity index (χ1n) is 4.01. The number of carbonyl (C=O) groups is 1. The highest BCUT2D eigenvalue weighted by Crippen LogP contribution is 2.12. The van der Waals surface area contributed by atoms with Crippen molar-refractivity contribution >= 4 is 5.97 Å². The molecule has 4 heteroatoms. The Balaban J connectivity index is 0. The van der Waals surface area contributed by atoms with E-state index in [2.05, 4.69) is 18.4 Å². The zero-order chi connectivity index (χ0) is 12.3. The smallest absolute Gasteiger partial charge is 0.327 e. The Kier molecular flexibility index (Phi) is 9.25. The number of terminal acetylenes is 2. The summed E-state index contributed by atoms with van der Waals surface area (Å²) in [6, 6.07) is 0. The first kappa shape index (κ1) is 15.7. The van der Waals surface area contributed by atoms with E-state index in [1.165, 1.54) is 0 Å². The van der Waals surface area contributed by atoms with Gasteiger partial charge in [-0.25, -0.2) is 4.79 Å². The molecule has 0 aliphatic heterocycles. The van der Waals surface area contributed by atoms with E-state index in [-0.39, 0.29) is 19.4 Å². The Labute approximate surface area is 89.2 Å². The van der Waals surface area contributed by atoms with Crippen LogP contribution >= 0.6 is 0 Å². The van der Waals surface area contributed by atoms with E-state index < -0.39 is 11.6 Å². The lowest BCUT2D eigenvalue weighted by atomic mass is 9.98. The summed E-state index contributed by atoms with van der Waals surface area (Å²) in [6.07, 6.45) is 10.9. The van der Waals surface area contributed by atoms with Gasteiger partial charge in [-0.1, -0.05) is 6.58 Å². The summed E-state index contributed by atoms with van der Waals surface area (Å²) in [4.78, 5) is 9.25. The van der Waals surface area contributed by atoms with Crippen LogP contribution in [0.4, 0.5) is 0 Å². The molecular weight excluding hydrogens is 196 g/mol. The molecule has 0 aliphatic rings. The van der Waals surface area contributed by atoms with Gasteiger partial charge in [0.05, 0.1) is 6.61 Å². The maximum Gasteiger partial charge on any atom is 0.327 e. The first-order chi connectivity index (χ1) is 6.95. The maximum absolute atomic E-state index is 9.28. The molecule has 0 saturated carbocycles. The van der Waals surface area contributed by atoms with Crippen molar-refractivity contribution in [1.29, 1.82) is 0 Å². The second kappa shape index (κ2) is 8.83. The minimum atomic E-state index is -1.27. The highest BCUT2D eigenvalue weighted by atomic mass is 16.4. The molecule has 0 aliphatic carbocycles. The number of aliphatic hydroxyl groups is 2. The molecule has 4 nitrogen and oxygen atoms in total. The van der Waals surface area contributed by atoms with E-state index in [1.54, 1.807) is 0 Å². The Morgan fingerprint density at radius 1 is 1.40 bits per heavy atom. The van der Waals surface area contributed by atoms with Crippen molar-refractivity contribution in [2.24, 2.45) is 0 Å². The topological polar surface area (TPSA) is 77.8 Å². The van der Waals surface area contributed by atoms with E-state index in [9.17, 15) is 9.90 Å². The Morgan fingerprint density at radius 2 is 1.73 bits per heavy atom. The number of aliphatic carboxylic acids is 1. The van der Waals surface area contributed by atoms with Gasteiger partial charge in [0.15, 0.2) is 0 Å². The first-order valence-corrected chi connectivity index (χ1v) is 4.01. The summed E-state index contributed by atoms with van der Waals surface area (Å²) >= 11 is 0. The van der Waals surface area contributed by atoms with Crippen LogP contribution in [0, 0.1) is 24.7 Å². The second-order valence-corrected chi connectivity index (χ2v) is 2.69. The third-order valence-electron chi connectivity index (χ3n) is 1.33. The molecule has 0 spiro atoms. The van der Waals surface area contributed by atoms with E-state index >= 15 is 0 Å². The Hall–Kier alpha value is -1.75. The Bertz CT molecular complexity index is 264. The minimum absolute atomic E-state index is 0.0910. The van der Waals surface area contributed by atoms with Crippen LogP contribution in [-0.4, -0.2) is 33.5 Å². The van der Waals surface area contributed by atoms with Crippen molar-refractivity contribution in [3.63, 3.8) is 0 Å². The van der Waals surface area contributed by atoms with Crippen LogP contribution in [0.25, 0.3) is 0 Å².